The van der Waals surface area contributed by atoms with Gasteiger partial charge in [0.25, 0.3) is 5.91 Å². The second-order valence-electron chi connectivity index (χ2n) is 5.74. The van der Waals surface area contributed by atoms with Crippen LogP contribution in [0, 0.1) is 0 Å². The molecule has 1 aliphatic carbocycles. The average molecular weight is 350 g/mol. The smallest absolute Gasteiger partial charge is 0.251 e. The van der Waals surface area contributed by atoms with E-state index in [2.05, 4.69) is 5.32 Å². The molecule has 0 saturated heterocycles. The lowest BCUT2D eigenvalue weighted by Crippen LogP contribution is -2.26. The van der Waals surface area contributed by atoms with Crippen LogP contribution in [0.25, 0.3) is 0 Å². The van der Waals surface area contributed by atoms with Gasteiger partial charge in [0.05, 0.1) is 4.90 Å². The molecule has 120 valence electrons. The highest BCUT2D eigenvalue weighted by Gasteiger charge is 2.40. The summed E-state index contributed by atoms with van der Waals surface area (Å²) in [4.78, 5) is 12.4. The van der Waals surface area contributed by atoms with Crippen LogP contribution in [-0.2, 0) is 9.84 Å². The maximum absolute atomic E-state index is 12.3. The Morgan fingerprint density at radius 3 is 2.61 bits per heavy atom. The van der Waals surface area contributed by atoms with E-state index >= 15 is 0 Å². The first-order valence-corrected chi connectivity index (χ1v) is 9.48. The van der Waals surface area contributed by atoms with Crippen LogP contribution in [0.5, 0.6) is 0 Å². The van der Waals surface area contributed by atoms with Crippen molar-refractivity contribution >= 4 is 27.3 Å². The van der Waals surface area contributed by atoms with Crippen LogP contribution in [0.3, 0.4) is 0 Å². The quantitative estimate of drug-likeness (QED) is 0.922. The van der Waals surface area contributed by atoms with E-state index in [-0.39, 0.29) is 22.8 Å². The molecule has 1 aliphatic rings. The molecule has 1 amide bonds. The summed E-state index contributed by atoms with van der Waals surface area (Å²) in [6.45, 7) is 0. The Balaban J connectivity index is 1.71. The van der Waals surface area contributed by atoms with Crippen molar-refractivity contribution in [2.45, 2.75) is 23.3 Å². The Labute approximate surface area is 140 Å². The van der Waals surface area contributed by atoms with Crippen LogP contribution < -0.4 is 5.32 Å². The number of carbonyl (C=O) groups is 1. The lowest BCUT2D eigenvalue weighted by atomic mass is 10.1. The van der Waals surface area contributed by atoms with Crippen molar-refractivity contribution in [3.63, 3.8) is 0 Å². The lowest BCUT2D eigenvalue weighted by molar-refractivity contribution is 0.0950. The fourth-order valence-electron chi connectivity index (χ4n) is 2.59. The summed E-state index contributed by atoms with van der Waals surface area (Å²) in [6, 6.07) is 13.7. The van der Waals surface area contributed by atoms with Gasteiger partial charge in [-0.1, -0.05) is 35.9 Å². The second-order valence-corrected chi connectivity index (χ2v) is 8.17. The van der Waals surface area contributed by atoms with E-state index in [4.69, 9.17) is 11.6 Å². The van der Waals surface area contributed by atoms with E-state index < -0.39 is 9.84 Å². The van der Waals surface area contributed by atoms with Gasteiger partial charge < -0.3 is 5.32 Å². The zero-order chi connectivity index (χ0) is 16.6. The first-order chi connectivity index (χ1) is 10.9. The van der Waals surface area contributed by atoms with E-state index in [1.807, 2.05) is 24.3 Å². The van der Waals surface area contributed by atoms with Gasteiger partial charge in [-0.25, -0.2) is 8.42 Å². The molecule has 3 rings (SSSR count). The molecule has 0 radical (unpaired) electrons. The Bertz CT molecular complexity index is 864. The predicted octanol–water partition coefficient (Wildman–Crippen LogP) is 3.03. The first-order valence-electron chi connectivity index (χ1n) is 7.21. The van der Waals surface area contributed by atoms with Crippen LogP contribution in [0.2, 0.25) is 5.02 Å². The van der Waals surface area contributed by atoms with Crippen molar-refractivity contribution < 1.29 is 13.2 Å². The average Bonchev–Trinajstić information content (AvgIpc) is 3.26. The molecule has 1 saturated carbocycles. The maximum Gasteiger partial charge on any atom is 0.251 e. The maximum atomic E-state index is 12.3. The van der Waals surface area contributed by atoms with Crippen LogP contribution in [0.15, 0.2) is 53.4 Å². The monoisotopic (exact) mass is 349 g/mol. The highest BCUT2D eigenvalue weighted by atomic mass is 35.5. The van der Waals surface area contributed by atoms with Crippen molar-refractivity contribution in [1.29, 1.82) is 0 Å². The van der Waals surface area contributed by atoms with Crippen molar-refractivity contribution in [3.05, 3.63) is 64.7 Å². The summed E-state index contributed by atoms with van der Waals surface area (Å²) < 4.78 is 23.1. The third-order valence-electron chi connectivity index (χ3n) is 3.94. The minimum atomic E-state index is -3.33. The Kier molecular flexibility index (Phi) is 4.17. The lowest BCUT2D eigenvalue weighted by Gasteiger charge is -2.07. The van der Waals surface area contributed by atoms with E-state index in [0.29, 0.717) is 10.6 Å². The number of rotatable bonds is 4. The van der Waals surface area contributed by atoms with Gasteiger partial charge in [-0.15, -0.1) is 0 Å². The van der Waals surface area contributed by atoms with Crippen LogP contribution in [0.4, 0.5) is 0 Å². The number of amides is 1. The summed E-state index contributed by atoms with van der Waals surface area (Å²) in [7, 11) is -3.33. The molecule has 0 bridgehead atoms. The molecule has 6 heteroatoms. The van der Waals surface area contributed by atoms with Crippen molar-refractivity contribution in [1.82, 2.24) is 5.32 Å². The number of hydrogen-bond donors (Lipinski definition) is 1. The molecule has 0 aromatic heterocycles. The minimum Gasteiger partial charge on any atom is -0.349 e. The molecule has 0 heterocycles. The molecule has 1 fully saturated rings. The summed E-state index contributed by atoms with van der Waals surface area (Å²) in [5, 5.41) is 3.63. The number of benzene rings is 2. The summed E-state index contributed by atoms with van der Waals surface area (Å²) >= 11 is 6.17. The number of halogens is 1. The third-order valence-corrected chi connectivity index (χ3v) is 5.39. The molecule has 1 N–H and O–H groups in total. The topological polar surface area (TPSA) is 63.2 Å². The van der Waals surface area contributed by atoms with Crippen molar-refractivity contribution in [2.24, 2.45) is 0 Å². The van der Waals surface area contributed by atoms with Crippen molar-refractivity contribution in [2.75, 3.05) is 6.26 Å². The van der Waals surface area contributed by atoms with E-state index in [9.17, 15) is 13.2 Å². The minimum absolute atomic E-state index is 0.0317. The molecule has 2 aromatic carbocycles. The number of carbonyl (C=O) groups excluding carboxylic acids is 1. The van der Waals surface area contributed by atoms with Gasteiger partial charge in [0.15, 0.2) is 9.84 Å². The third kappa shape index (κ3) is 3.57. The zero-order valence-electron chi connectivity index (χ0n) is 12.5. The standard InChI is InChI=1S/C17H16ClNO3S/c1-23(21,22)12-6-4-5-11(9-12)17(20)19-16-10-14(16)13-7-2-3-8-15(13)18/h2-9,14,16H,10H2,1H3,(H,19,20)/t14-,16+/m0/s1. The molecule has 2 atom stereocenters. The van der Waals surface area contributed by atoms with Gasteiger partial charge in [0.1, 0.15) is 0 Å². The number of nitrogens with one attached hydrogen (secondary N) is 1. The Morgan fingerprint density at radius 2 is 1.91 bits per heavy atom. The van der Waals surface area contributed by atoms with Gasteiger partial charge in [0, 0.05) is 28.8 Å². The molecule has 0 aliphatic heterocycles. The van der Waals surface area contributed by atoms with Gasteiger partial charge in [-0.05, 0) is 36.2 Å². The Morgan fingerprint density at radius 1 is 1.17 bits per heavy atom. The largest absolute Gasteiger partial charge is 0.349 e. The van der Waals surface area contributed by atoms with Crippen LogP contribution in [-0.4, -0.2) is 26.6 Å². The molecule has 0 spiro atoms. The highest BCUT2D eigenvalue weighted by molar-refractivity contribution is 7.90. The van der Waals surface area contributed by atoms with Crippen LogP contribution >= 0.6 is 11.6 Å². The fraction of sp³-hybridized carbons (Fsp3) is 0.235. The predicted molar refractivity (Wildman–Crippen MR) is 89.6 cm³/mol. The summed E-state index contributed by atoms with van der Waals surface area (Å²) in [5.74, 6) is -0.0548. The van der Waals surface area contributed by atoms with Gasteiger partial charge in [-0.2, -0.15) is 0 Å². The highest BCUT2D eigenvalue weighted by Crippen LogP contribution is 2.43. The molecular formula is C17H16ClNO3S. The van der Waals surface area contributed by atoms with E-state index in [1.54, 1.807) is 12.1 Å². The first kappa shape index (κ1) is 16.0. The molecule has 0 unspecified atom stereocenters. The van der Waals surface area contributed by atoms with Gasteiger partial charge in [0.2, 0.25) is 0 Å². The Hall–Kier alpha value is -1.85. The van der Waals surface area contributed by atoms with E-state index in [1.165, 1.54) is 12.1 Å². The molecular weight excluding hydrogens is 334 g/mol. The fourth-order valence-corrected chi connectivity index (χ4v) is 3.54. The SMILES string of the molecule is CS(=O)(=O)c1cccc(C(=O)N[C@@H]2C[C@H]2c2ccccc2Cl)c1. The molecule has 4 nitrogen and oxygen atoms in total. The number of sulfone groups is 1. The summed E-state index contributed by atoms with van der Waals surface area (Å²) in [5.41, 5.74) is 1.38. The molecule has 23 heavy (non-hydrogen) atoms. The van der Waals surface area contributed by atoms with Gasteiger partial charge >= 0.3 is 0 Å². The van der Waals surface area contributed by atoms with E-state index in [0.717, 1.165) is 18.2 Å². The second kappa shape index (κ2) is 5.98. The number of hydrogen-bond acceptors (Lipinski definition) is 3. The molecule has 2 aromatic rings. The summed E-state index contributed by atoms with van der Waals surface area (Å²) in [6.07, 6.45) is 1.96. The zero-order valence-corrected chi connectivity index (χ0v) is 14.1. The van der Waals surface area contributed by atoms with Crippen LogP contribution in [0.1, 0.15) is 28.3 Å². The normalized spacial score (nSPS) is 20.1. The van der Waals surface area contributed by atoms with Crippen molar-refractivity contribution in [3.8, 4) is 0 Å². The van der Waals surface area contributed by atoms with Gasteiger partial charge in [-0.3, -0.25) is 4.79 Å².